The Hall–Kier alpha value is -0.610. The standard InChI is InChI=1S/C11H22N2O2/c12-6-2-1-3-7-13-11(14)9-10-5-4-8-15-10/h10H,1-9,12H2,(H,13,14). The molecule has 1 heterocycles. The summed E-state index contributed by atoms with van der Waals surface area (Å²) in [4.78, 5) is 11.4. The van der Waals surface area contributed by atoms with Crippen molar-refractivity contribution in [1.82, 2.24) is 5.32 Å². The van der Waals surface area contributed by atoms with Gasteiger partial charge in [0.25, 0.3) is 0 Å². The van der Waals surface area contributed by atoms with Crippen LogP contribution in [0.1, 0.15) is 38.5 Å². The van der Waals surface area contributed by atoms with Crippen molar-refractivity contribution in [3.8, 4) is 0 Å². The van der Waals surface area contributed by atoms with Crippen LogP contribution in [0.25, 0.3) is 0 Å². The van der Waals surface area contributed by atoms with Crippen LogP contribution in [0.2, 0.25) is 0 Å². The summed E-state index contributed by atoms with van der Waals surface area (Å²) in [6.07, 6.45) is 5.97. The van der Waals surface area contributed by atoms with Crippen molar-refractivity contribution in [2.75, 3.05) is 19.7 Å². The Bertz CT molecular complexity index is 179. The minimum absolute atomic E-state index is 0.120. The van der Waals surface area contributed by atoms with Crippen LogP contribution in [0.15, 0.2) is 0 Å². The Morgan fingerprint density at radius 2 is 2.27 bits per heavy atom. The van der Waals surface area contributed by atoms with Crippen LogP contribution in [0.5, 0.6) is 0 Å². The molecule has 3 N–H and O–H groups in total. The molecule has 0 saturated carbocycles. The summed E-state index contributed by atoms with van der Waals surface area (Å²) in [5, 5.41) is 2.91. The van der Waals surface area contributed by atoms with Crippen LogP contribution >= 0.6 is 0 Å². The van der Waals surface area contributed by atoms with Crippen molar-refractivity contribution >= 4 is 5.91 Å². The van der Waals surface area contributed by atoms with E-state index in [2.05, 4.69) is 5.32 Å². The highest BCUT2D eigenvalue weighted by atomic mass is 16.5. The van der Waals surface area contributed by atoms with Crippen molar-refractivity contribution in [3.05, 3.63) is 0 Å². The molecule has 0 aromatic rings. The molecule has 0 aromatic carbocycles. The highest BCUT2D eigenvalue weighted by Crippen LogP contribution is 2.14. The topological polar surface area (TPSA) is 64.3 Å². The second-order valence-electron chi connectivity index (χ2n) is 4.04. The normalized spacial score (nSPS) is 20.5. The molecule has 1 aliphatic rings. The van der Waals surface area contributed by atoms with Gasteiger partial charge in [-0.05, 0) is 32.2 Å². The fourth-order valence-corrected chi connectivity index (χ4v) is 1.76. The molecule has 0 spiro atoms. The minimum atomic E-state index is 0.120. The minimum Gasteiger partial charge on any atom is -0.378 e. The fourth-order valence-electron chi connectivity index (χ4n) is 1.76. The average molecular weight is 214 g/mol. The fraction of sp³-hybridized carbons (Fsp3) is 0.909. The van der Waals surface area contributed by atoms with E-state index in [-0.39, 0.29) is 12.0 Å². The number of unbranched alkanes of at least 4 members (excludes halogenated alkanes) is 2. The Balaban J connectivity index is 1.93. The first-order valence-electron chi connectivity index (χ1n) is 5.91. The molecule has 0 radical (unpaired) electrons. The van der Waals surface area contributed by atoms with Crippen molar-refractivity contribution in [2.45, 2.75) is 44.6 Å². The molecule has 1 amide bonds. The number of carbonyl (C=O) groups is 1. The molecule has 1 rings (SSSR count). The van der Waals surface area contributed by atoms with E-state index in [0.29, 0.717) is 6.42 Å². The number of nitrogens with one attached hydrogen (secondary N) is 1. The quantitative estimate of drug-likeness (QED) is 0.616. The average Bonchev–Trinajstić information content (AvgIpc) is 2.70. The molecular formula is C11H22N2O2. The maximum absolute atomic E-state index is 11.4. The smallest absolute Gasteiger partial charge is 0.222 e. The lowest BCUT2D eigenvalue weighted by atomic mass is 10.2. The number of hydrogen-bond donors (Lipinski definition) is 2. The zero-order valence-corrected chi connectivity index (χ0v) is 9.34. The first-order valence-corrected chi connectivity index (χ1v) is 5.91. The van der Waals surface area contributed by atoms with E-state index in [1.165, 1.54) is 0 Å². The Kier molecular flexibility index (Phi) is 6.36. The van der Waals surface area contributed by atoms with Crippen LogP contribution in [0.3, 0.4) is 0 Å². The van der Waals surface area contributed by atoms with Gasteiger partial charge in [0.15, 0.2) is 0 Å². The highest BCUT2D eigenvalue weighted by molar-refractivity contribution is 5.76. The molecule has 0 aromatic heterocycles. The predicted molar refractivity (Wildman–Crippen MR) is 59.5 cm³/mol. The monoisotopic (exact) mass is 214 g/mol. The summed E-state index contributed by atoms with van der Waals surface area (Å²) < 4.78 is 5.39. The van der Waals surface area contributed by atoms with Gasteiger partial charge in [0.1, 0.15) is 0 Å². The number of hydrogen-bond acceptors (Lipinski definition) is 3. The number of nitrogens with two attached hydrogens (primary N) is 1. The van der Waals surface area contributed by atoms with Crippen LogP contribution in [-0.2, 0) is 9.53 Å². The number of amides is 1. The van der Waals surface area contributed by atoms with Gasteiger partial charge in [-0.3, -0.25) is 4.79 Å². The second kappa shape index (κ2) is 7.65. The second-order valence-corrected chi connectivity index (χ2v) is 4.04. The molecule has 4 nitrogen and oxygen atoms in total. The maximum Gasteiger partial charge on any atom is 0.222 e. The van der Waals surface area contributed by atoms with Crippen molar-refractivity contribution in [3.63, 3.8) is 0 Å². The summed E-state index contributed by atoms with van der Waals surface area (Å²) in [6.45, 7) is 2.32. The molecule has 0 bridgehead atoms. The van der Waals surface area contributed by atoms with Crippen LogP contribution < -0.4 is 11.1 Å². The lowest BCUT2D eigenvalue weighted by molar-refractivity contribution is -0.123. The van der Waals surface area contributed by atoms with E-state index in [4.69, 9.17) is 10.5 Å². The van der Waals surface area contributed by atoms with E-state index >= 15 is 0 Å². The molecule has 1 atom stereocenters. The molecule has 15 heavy (non-hydrogen) atoms. The molecule has 1 unspecified atom stereocenters. The SMILES string of the molecule is NCCCCCNC(=O)CC1CCCO1. The van der Waals surface area contributed by atoms with Crippen molar-refractivity contribution in [2.24, 2.45) is 5.73 Å². The molecule has 1 saturated heterocycles. The zero-order chi connectivity index (χ0) is 10.9. The third-order valence-electron chi connectivity index (χ3n) is 2.64. The lowest BCUT2D eigenvalue weighted by Gasteiger charge is -2.09. The van der Waals surface area contributed by atoms with Crippen LogP contribution in [-0.4, -0.2) is 31.7 Å². The summed E-state index contributed by atoms with van der Waals surface area (Å²) >= 11 is 0. The van der Waals surface area contributed by atoms with E-state index in [1.807, 2.05) is 0 Å². The first kappa shape index (κ1) is 12.5. The molecule has 1 aliphatic heterocycles. The van der Waals surface area contributed by atoms with Crippen molar-refractivity contribution in [1.29, 1.82) is 0 Å². The summed E-state index contributed by atoms with van der Waals surface area (Å²) in [5.74, 6) is 0.120. The third kappa shape index (κ3) is 5.74. The molecular weight excluding hydrogens is 192 g/mol. The van der Waals surface area contributed by atoms with Crippen molar-refractivity contribution < 1.29 is 9.53 Å². The number of ether oxygens (including phenoxy) is 1. The maximum atomic E-state index is 11.4. The molecule has 0 aliphatic carbocycles. The van der Waals surface area contributed by atoms with E-state index in [1.54, 1.807) is 0 Å². The van der Waals surface area contributed by atoms with Gasteiger partial charge < -0.3 is 15.8 Å². The zero-order valence-electron chi connectivity index (χ0n) is 9.34. The number of rotatable bonds is 7. The van der Waals surface area contributed by atoms with Crippen LogP contribution in [0.4, 0.5) is 0 Å². The number of carbonyl (C=O) groups excluding carboxylic acids is 1. The first-order chi connectivity index (χ1) is 7.33. The van der Waals surface area contributed by atoms with E-state index < -0.39 is 0 Å². The predicted octanol–water partition coefficient (Wildman–Crippen LogP) is 0.801. The Morgan fingerprint density at radius 1 is 1.40 bits per heavy atom. The van der Waals surface area contributed by atoms with E-state index in [9.17, 15) is 4.79 Å². The van der Waals surface area contributed by atoms with Gasteiger partial charge in [-0.25, -0.2) is 0 Å². The van der Waals surface area contributed by atoms with Gasteiger partial charge >= 0.3 is 0 Å². The molecule has 4 heteroatoms. The van der Waals surface area contributed by atoms with Gasteiger partial charge in [0.2, 0.25) is 5.91 Å². The van der Waals surface area contributed by atoms with Gasteiger partial charge in [-0.1, -0.05) is 6.42 Å². The molecule has 88 valence electrons. The summed E-state index contributed by atoms with van der Waals surface area (Å²) in [7, 11) is 0. The summed E-state index contributed by atoms with van der Waals surface area (Å²) in [5.41, 5.74) is 5.38. The van der Waals surface area contributed by atoms with Gasteiger partial charge in [-0.2, -0.15) is 0 Å². The van der Waals surface area contributed by atoms with Gasteiger partial charge in [0, 0.05) is 13.2 Å². The van der Waals surface area contributed by atoms with Crippen LogP contribution in [0, 0.1) is 0 Å². The highest BCUT2D eigenvalue weighted by Gasteiger charge is 2.18. The lowest BCUT2D eigenvalue weighted by Crippen LogP contribution is -2.28. The molecule has 1 fully saturated rings. The van der Waals surface area contributed by atoms with E-state index in [0.717, 1.165) is 51.8 Å². The Morgan fingerprint density at radius 3 is 2.93 bits per heavy atom. The Labute approximate surface area is 91.5 Å². The van der Waals surface area contributed by atoms with Gasteiger partial charge in [0.05, 0.1) is 12.5 Å². The summed E-state index contributed by atoms with van der Waals surface area (Å²) in [6, 6.07) is 0. The third-order valence-corrected chi connectivity index (χ3v) is 2.64. The van der Waals surface area contributed by atoms with Gasteiger partial charge in [-0.15, -0.1) is 0 Å². The largest absolute Gasteiger partial charge is 0.378 e.